The summed E-state index contributed by atoms with van der Waals surface area (Å²) < 4.78 is 0. The fourth-order valence-corrected chi connectivity index (χ4v) is 3.88. The fraction of sp³-hybridized carbons (Fsp3) is 0.400. The molecule has 1 aromatic heterocycles. The van der Waals surface area contributed by atoms with Gasteiger partial charge in [-0.2, -0.15) is 0 Å². The average Bonchev–Trinajstić information content (AvgIpc) is 3.15. The van der Waals surface area contributed by atoms with Gasteiger partial charge >= 0.3 is 0 Å². The minimum absolute atomic E-state index is 0.500. The van der Waals surface area contributed by atoms with Gasteiger partial charge in [0.1, 0.15) is 5.82 Å². The molecule has 2 aromatic rings. The van der Waals surface area contributed by atoms with Gasteiger partial charge in [-0.3, -0.25) is 0 Å². The topological polar surface area (TPSA) is 40.7 Å². The summed E-state index contributed by atoms with van der Waals surface area (Å²) in [4.78, 5) is 8.00. The number of benzene rings is 1. The third kappa shape index (κ3) is 2.05. The number of rotatable bonds is 2. The fourth-order valence-electron chi connectivity index (χ4n) is 3.49. The molecule has 0 radical (unpaired) electrons. The third-order valence-electron chi connectivity index (χ3n) is 4.47. The molecule has 104 valence electrons. The predicted molar refractivity (Wildman–Crippen MR) is 81.3 cm³/mol. The minimum Gasteiger partial charge on any atom is -0.342 e. The number of fused-ring (bicyclic) bond motifs is 2. The van der Waals surface area contributed by atoms with Crippen LogP contribution in [0.25, 0.3) is 11.3 Å². The second-order valence-corrected chi connectivity index (χ2v) is 6.54. The Balaban J connectivity index is 1.66. The molecule has 0 amide bonds. The van der Waals surface area contributed by atoms with Crippen LogP contribution in [0.5, 0.6) is 0 Å². The van der Waals surface area contributed by atoms with Crippen molar-refractivity contribution in [1.29, 1.82) is 0 Å². The molecule has 5 heteroatoms. The van der Waals surface area contributed by atoms with E-state index in [1.54, 1.807) is 6.07 Å². The summed E-state index contributed by atoms with van der Waals surface area (Å²) in [7, 11) is 0. The summed E-state index contributed by atoms with van der Waals surface area (Å²) in [5.74, 6) is 1.57. The van der Waals surface area contributed by atoms with Crippen LogP contribution in [0.15, 0.2) is 24.4 Å². The van der Waals surface area contributed by atoms with Gasteiger partial charge in [0, 0.05) is 28.6 Å². The van der Waals surface area contributed by atoms with Crippen molar-refractivity contribution in [3.05, 3.63) is 40.3 Å². The van der Waals surface area contributed by atoms with Gasteiger partial charge in [-0.05, 0) is 37.5 Å². The number of aromatic amines is 1. The molecule has 2 N–H and O–H groups in total. The van der Waals surface area contributed by atoms with E-state index in [1.165, 1.54) is 19.3 Å². The third-order valence-corrected chi connectivity index (χ3v) is 5.03. The number of H-pyrrole nitrogens is 1. The van der Waals surface area contributed by atoms with Crippen LogP contribution in [-0.4, -0.2) is 22.1 Å². The Morgan fingerprint density at radius 2 is 2.10 bits per heavy atom. The summed E-state index contributed by atoms with van der Waals surface area (Å²) in [5, 5.41) is 5.01. The first-order chi connectivity index (χ1) is 9.70. The van der Waals surface area contributed by atoms with E-state index in [0.29, 0.717) is 28.0 Å². The Kier molecular flexibility index (Phi) is 3.02. The molecule has 20 heavy (non-hydrogen) atoms. The van der Waals surface area contributed by atoms with Crippen molar-refractivity contribution in [1.82, 2.24) is 15.3 Å². The molecule has 3 nitrogen and oxygen atoms in total. The number of nitrogens with zero attached hydrogens (tertiary/aromatic N) is 1. The smallest absolute Gasteiger partial charge is 0.111 e. The van der Waals surface area contributed by atoms with Crippen LogP contribution < -0.4 is 5.32 Å². The summed E-state index contributed by atoms with van der Waals surface area (Å²) >= 11 is 12.3. The maximum atomic E-state index is 6.24. The average molecular weight is 308 g/mol. The monoisotopic (exact) mass is 307 g/mol. The van der Waals surface area contributed by atoms with E-state index in [1.807, 2.05) is 18.3 Å². The second-order valence-electron chi connectivity index (χ2n) is 5.70. The molecular weight excluding hydrogens is 293 g/mol. The summed E-state index contributed by atoms with van der Waals surface area (Å²) in [6.07, 6.45) is 5.60. The highest BCUT2D eigenvalue weighted by Gasteiger charge is 2.41. The van der Waals surface area contributed by atoms with Gasteiger partial charge in [0.2, 0.25) is 0 Å². The molecule has 3 atom stereocenters. The highest BCUT2D eigenvalue weighted by atomic mass is 35.5. The lowest BCUT2D eigenvalue weighted by molar-refractivity contribution is 0.490. The van der Waals surface area contributed by atoms with Crippen LogP contribution in [0.4, 0.5) is 0 Å². The van der Waals surface area contributed by atoms with Crippen molar-refractivity contribution in [2.45, 2.75) is 37.3 Å². The number of aromatic nitrogens is 2. The predicted octanol–water partition coefficient (Wildman–Crippen LogP) is 3.99. The molecule has 1 aromatic carbocycles. The van der Waals surface area contributed by atoms with Crippen molar-refractivity contribution in [3.8, 4) is 11.3 Å². The first-order valence-electron chi connectivity index (χ1n) is 6.97. The zero-order valence-corrected chi connectivity index (χ0v) is 12.4. The number of halogens is 2. The Morgan fingerprint density at radius 3 is 2.85 bits per heavy atom. The lowest BCUT2D eigenvalue weighted by Gasteiger charge is -2.17. The van der Waals surface area contributed by atoms with E-state index in [2.05, 4.69) is 15.3 Å². The van der Waals surface area contributed by atoms with Crippen molar-refractivity contribution in [2.24, 2.45) is 0 Å². The van der Waals surface area contributed by atoms with Crippen LogP contribution in [0.1, 0.15) is 31.0 Å². The van der Waals surface area contributed by atoms with Crippen molar-refractivity contribution in [3.63, 3.8) is 0 Å². The molecule has 2 aliphatic rings. The van der Waals surface area contributed by atoms with Crippen LogP contribution in [0.3, 0.4) is 0 Å². The largest absolute Gasteiger partial charge is 0.342 e. The number of imidazole rings is 1. The SMILES string of the molecule is Clc1ccc(Cl)c(-c2cnc(C3CC4CCC3N4)[nH]2)c1. The summed E-state index contributed by atoms with van der Waals surface area (Å²) in [5.41, 5.74) is 1.85. The highest BCUT2D eigenvalue weighted by molar-refractivity contribution is 6.35. The lowest BCUT2D eigenvalue weighted by Crippen LogP contribution is -2.22. The minimum atomic E-state index is 0.500. The van der Waals surface area contributed by atoms with Gasteiger partial charge in [-0.15, -0.1) is 0 Å². The Bertz CT molecular complexity index is 652. The number of hydrogen-bond acceptors (Lipinski definition) is 2. The van der Waals surface area contributed by atoms with E-state index in [4.69, 9.17) is 23.2 Å². The first kappa shape index (κ1) is 12.7. The maximum Gasteiger partial charge on any atom is 0.111 e. The van der Waals surface area contributed by atoms with Gasteiger partial charge in [-0.1, -0.05) is 23.2 Å². The molecule has 2 fully saturated rings. The van der Waals surface area contributed by atoms with Gasteiger partial charge < -0.3 is 10.3 Å². The molecular formula is C15H15Cl2N3. The quantitative estimate of drug-likeness (QED) is 0.880. The zero-order valence-electron chi connectivity index (χ0n) is 10.9. The molecule has 2 bridgehead atoms. The summed E-state index contributed by atoms with van der Waals surface area (Å²) in [6, 6.07) is 6.74. The standard InChI is InChI=1S/C15H15Cl2N3/c16-8-1-3-12(17)10(5-8)14-7-18-15(20-14)11-6-9-2-4-13(11)19-9/h1,3,5,7,9,11,13,19H,2,4,6H2,(H,18,20). The first-order valence-corrected chi connectivity index (χ1v) is 7.72. The van der Waals surface area contributed by atoms with Crippen LogP contribution in [0.2, 0.25) is 10.0 Å². The molecule has 2 aliphatic heterocycles. The van der Waals surface area contributed by atoms with Crippen molar-refractivity contribution < 1.29 is 0 Å². The number of hydrogen-bond donors (Lipinski definition) is 2. The molecule has 0 saturated carbocycles. The maximum absolute atomic E-state index is 6.24. The molecule has 0 spiro atoms. The molecule has 3 heterocycles. The van der Waals surface area contributed by atoms with Crippen LogP contribution in [-0.2, 0) is 0 Å². The van der Waals surface area contributed by atoms with E-state index >= 15 is 0 Å². The van der Waals surface area contributed by atoms with E-state index in [-0.39, 0.29) is 0 Å². The van der Waals surface area contributed by atoms with Crippen LogP contribution in [0, 0.1) is 0 Å². The Hall–Kier alpha value is -1.03. The van der Waals surface area contributed by atoms with Gasteiger partial charge in [0.15, 0.2) is 0 Å². The van der Waals surface area contributed by atoms with E-state index in [9.17, 15) is 0 Å². The van der Waals surface area contributed by atoms with Gasteiger partial charge in [-0.25, -0.2) is 4.98 Å². The molecule has 0 aliphatic carbocycles. The molecule has 2 saturated heterocycles. The molecule has 4 rings (SSSR count). The van der Waals surface area contributed by atoms with E-state index < -0.39 is 0 Å². The summed E-state index contributed by atoms with van der Waals surface area (Å²) in [6.45, 7) is 0. The lowest BCUT2D eigenvalue weighted by atomic mass is 9.89. The second kappa shape index (κ2) is 4.76. The van der Waals surface area contributed by atoms with Crippen molar-refractivity contribution in [2.75, 3.05) is 0 Å². The van der Waals surface area contributed by atoms with Crippen molar-refractivity contribution >= 4 is 23.2 Å². The normalized spacial score (nSPS) is 28.2. The zero-order chi connectivity index (χ0) is 13.7. The number of nitrogens with one attached hydrogen (secondary N) is 2. The van der Waals surface area contributed by atoms with Crippen LogP contribution >= 0.6 is 23.2 Å². The molecule has 3 unspecified atom stereocenters. The van der Waals surface area contributed by atoms with E-state index in [0.717, 1.165) is 17.1 Å². The Morgan fingerprint density at radius 1 is 1.20 bits per heavy atom. The Labute approximate surface area is 127 Å². The van der Waals surface area contributed by atoms with Gasteiger partial charge in [0.25, 0.3) is 0 Å². The van der Waals surface area contributed by atoms with Gasteiger partial charge in [0.05, 0.1) is 16.9 Å². The highest BCUT2D eigenvalue weighted by Crippen LogP contribution is 2.39.